The topological polar surface area (TPSA) is 60.6 Å². The summed E-state index contributed by atoms with van der Waals surface area (Å²) >= 11 is 0. The molecule has 1 aliphatic rings. The van der Waals surface area contributed by atoms with Crippen LogP contribution in [-0.2, 0) is 9.47 Å². The molecule has 1 fully saturated rings. The molecule has 2 unspecified atom stereocenters. The zero-order valence-electron chi connectivity index (χ0n) is 9.59. The zero-order chi connectivity index (χ0) is 11.5. The molecule has 2 rings (SSSR count). The van der Waals surface area contributed by atoms with Crippen molar-refractivity contribution in [2.45, 2.75) is 12.2 Å². The number of pyridine rings is 1. The van der Waals surface area contributed by atoms with E-state index in [4.69, 9.17) is 15.2 Å². The molecule has 2 atom stereocenters. The van der Waals surface area contributed by atoms with Crippen molar-refractivity contribution in [2.75, 3.05) is 37.9 Å². The summed E-state index contributed by atoms with van der Waals surface area (Å²) in [5.41, 5.74) is 6.79. The first-order valence-corrected chi connectivity index (χ1v) is 5.27. The van der Waals surface area contributed by atoms with E-state index in [1.807, 2.05) is 12.1 Å². The second-order valence-electron chi connectivity index (χ2n) is 3.86. The minimum Gasteiger partial charge on any atom is -0.382 e. The Morgan fingerprint density at radius 2 is 1.94 bits per heavy atom. The average Bonchev–Trinajstić information content (AvgIpc) is 2.72. The molecule has 16 heavy (non-hydrogen) atoms. The fourth-order valence-corrected chi connectivity index (χ4v) is 2.07. The quantitative estimate of drug-likeness (QED) is 0.809. The first kappa shape index (κ1) is 11.2. The summed E-state index contributed by atoms with van der Waals surface area (Å²) in [6.45, 7) is 1.57. The Balaban J connectivity index is 2.16. The van der Waals surface area contributed by atoms with E-state index in [-0.39, 0.29) is 12.2 Å². The number of nitrogen functional groups attached to an aromatic ring is 1. The van der Waals surface area contributed by atoms with Gasteiger partial charge in [0.1, 0.15) is 18.0 Å². The number of nitrogens with two attached hydrogens (primary N) is 1. The van der Waals surface area contributed by atoms with Gasteiger partial charge in [-0.05, 0) is 12.1 Å². The maximum absolute atomic E-state index is 5.84. The summed E-state index contributed by atoms with van der Waals surface area (Å²) in [4.78, 5) is 6.22. The fraction of sp³-hybridized carbons (Fsp3) is 0.545. The normalized spacial score (nSPS) is 25.0. The molecule has 88 valence electrons. The minimum atomic E-state index is 0.0876. The Labute approximate surface area is 95.2 Å². The van der Waals surface area contributed by atoms with Crippen molar-refractivity contribution in [3.05, 3.63) is 18.3 Å². The highest BCUT2D eigenvalue weighted by molar-refractivity contribution is 5.63. The van der Waals surface area contributed by atoms with Gasteiger partial charge in [-0.15, -0.1) is 0 Å². The van der Waals surface area contributed by atoms with Crippen LogP contribution in [0, 0.1) is 0 Å². The van der Waals surface area contributed by atoms with Gasteiger partial charge in [-0.25, -0.2) is 4.98 Å². The third-order valence-electron chi connectivity index (χ3n) is 2.98. The van der Waals surface area contributed by atoms with Crippen molar-refractivity contribution in [1.29, 1.82) is 0 Å². The van der Waals surface area contributed by atoms with Crippen molar-refractivity contribution < 1.29 is 9.47 Å². The van der Waals surface area contributed by atoms with Crippen LogP contribution in [0.3, 0.4) is 0 Å². The van der Waals surface area contributed by atoms with E-state index in [0.717, 1.165) is 18.8 Å². The van der Waals surface area contributed by atoms with Gasteiger partial charge in [0.15, 0.2) is 0 Å². The number of methoxy groups -OCH3 is 2. The number of nitrogens with zero attached hydrogens (tertiary/aromatic N) is 2. The molecular weight excluding hydrogens is 206 g/mol. The smallest absolute Gasteiger partial charge is 0.146 e. The van der Waals surface area contributed by atoms with Gasteiger partial charge in [0, 0.05) is 33.5 Å². The van der Waals surface area contributed by atoms with Crippen LogP contribution in [0.1, 0.15) is 0 Å². The van der Waals surface area contributed by atoms with Crippen LogP contribution in [0.2, 0.25) is 0 Å². The van der Waals surface area contributed by atoms with Crippen LogP contribution in [0.5, 0.6) is 0 Å². The number of aromatic nitrogens is 1. The monoisotopic (exact) mass is 223 g/mol. The van der Waals surface area contributed by atoms with Gasteiger partial charge in [-0.2, -0.15) is 0 Å². The first-order valence-electron chi connectivity index (χ1n) is 5.27. The number of anilines is 2. The van der Waals surface area contributed by atoms with E-state index in [9.17, 15) is 0 Å². The summed E-state index contributed by atoms with van der Waals surface area (Å²) in [7, 11) is 3.40. The Bertz CT molecular complexity index is 347. The molecule has 2 heterocycles. The molecule has 5 heteroatoms. The summed E-state index contributed by atoms with van der Waals surface area (Å²) in [6, 6.07) is 3.85. The van der Waals surface area contributed by atoms with Crippen LogP contribution in [0.25, 0.3) is 0 Å². The molecule has 1 saturated heterocycles. The van der Waals surface area contributed by atoms with Gasteiger partial charge < -0.3 is 20.1 Å². The average molecular weight is 223 g/mol. The maximum Gasteiger partial charge on any atom is 0.146 e. The van der Waals surface area contributed by atoms with Crippen LogP contribution in [0.4, 0.5) is 11.5 Å². The van der Waals surface area contributed by atoms with Crippen molar-refractivity contribution in [3.63, 3.8) is 0 Å². The van der Waals surface area contributed by atoms with E-state index in [0.29, 0.717) is 5.82 Å². The van der Waals surface area contributed by atoms with E-state index in [2.05, 4.69) is 9.88 Å². The van der Waals surface area contributed by atoms with Gasteiger partial charge in [0.2, 0.25) is 0 Å². The Morgan fingerprint density at radius 3 is 2.44 bits per heavy atom. The number of ether oxygens (including phenoxy) is 2. The standard InChI is InChI=1S/C11H17N3O2/c1-15-9-6-14(7-10(9)16-2)8-4-3-5-13-11(8)12/h3-5,9-10H,6-7H2,1-2H3,(H2,12,13). The van der Waals surface area contributed by atoms with Gasteiger partial charge in [0.05, 0.1) is 5.69 Å². The van der Waals surface area contributed by atoms with Gasteiger partial charge in [-0.1, -0.05) is 0 Å². The van der Waals surface area contributed by atoms with Gasteiger partial charge in [-0.3, -0.25) is 0 Å². The molecule has 1 aromatic rings. The second kappa shape index (κ2) is 4.67. The molecule has 0 bridgehead atoms. The highest BCUT2D eigenvalue weighted by atomic mass is 16.5. The lowest BCUT2D eigenvalue weighted by atomic mass is 10.3. The van der Waals surface area contributed by atoms with Crippen molar-refractivity contribution >= 4 is 11.5 Å². The summed E-state index contributed by atoms with van der Waals surface area (Å²) in [6.07, 6.45) is 1.87. The third-order valence-corrected chi connectivity index (χ3v) is 2.98. The molecule has 0 spiro atoms. The summed E-state index contributed by atoms with van der Waals surface area (Å²) in [5.74, 6) is 0.550. The molecular formula is C11H17N3O2. The van der Waals surface area contributed by atoms with Crippen molar-refractivity contribution in [3.8, 4) is 0 Å². The Hall–Kier alpha value is -1.33. The lowest BCUT2D eigenvalue weighted by Crippen LogP contribution is -2.27. The van der Waals surface area contributed by atoms with E-state index >= 15 is 0 Å². The predicted molar refractivity (Wildman–Crippen MR) is 62.5 cm³/mol. The lowest BCUT2D eigenvalue weighted by Gasteiger charge is -2.18. The Kier molecular flexibility index (Phi) is 3.26. The van der Waals surface area contributed by atoms with Crippen LogP contribution >= 0.6 is 0 Å². The predicted octanol–water partition coefficient (Wildman–Crippen LogP) is 0.514. The minimum absolute atomic E-state index is 0.0876. The molecule has 1 aliphatic heterocycles. The maximum atomic E-state index is 5.84. The van der Waals surface area contributed by atoms with Crippen LogP contribution in [0.15, 0.2) is 18.3 Å². The Morgan fingerprint density at radius 1 is 1.31 bits per heavy atom. The number of rotatable bonds is 3. The van der Waals surface area contributed by atoms with Gasteiger partial charge in [0.25, 0.3) is 0 Å². The van der Waals surface area contributed by atoms with Crippen molar-refractivity contribution in [2.24, 2.45) is 0 Å². The first-order chi connectivity index (χ1) is 7.76. The highest BCUT2D eigenvalue weighted by Gasteiger charge is 2.33. The van der Waals surface area contributed by atoms with E-state index < -0.39 is 0 Å². The SMILES string of the molecule is COC1CN(c2cccnc2N)CC1OC. The molecule has 0 aromatic carbocycles. The molecule has 0 amide bonds. The largest absolute Gasteiger partial charge is 0.382 e. The van der Waals surface area contributed by atoms with Crippen molar-refractivity contribution in [1.82, 2.24) is 4.98 Å². The second-order valence-corrected chi connectivity index (χ2v) is 3.86. The fourth-order valence-electron chi connectivity index (χ4n) is 2.07. The van der Waals surface area contributed by atoms with E-state index in [1.165, 1.54) is 0 Å². The molecule has 0 saturated carbocycles. The lowest BCUT2D eigenvalue weighted by molar-refractivity contribution is -0.00461. The highest BCUT2D eigenvalue weighted by Crippen LogP contribution is 2.26. The van der Waals surface area contributed by atoms with Crippen LogP contribution < -0.4 is 10.6 Å². The van der Waals surface area contributed by atoms with Crippen LogP contribution in [-0.4, -0.2) is 44.5 Å². The summed E-state index contributed by atoms with van der Waals surface area (Å²) in [5, 5.41) is 0. The molecule has 5 nitrogen and oxygen atoms in total. The third kappa shape index (κ3) is 1.96. The molecule has 1 aromatic heterocycles. The van der Waals surface area contributed by atoms with Gasteiger partial charge >= 0.3 is 0 Å². The number of hydrogen-bond donors (Lipinski definition) is 1. The molecule has 0 aliphatic carbocycles. The van der Waals surface area contributed by atoms with E-state index in [1.54, 1.807) is 20.4 Å². The summed E-state index contributed by atoms with van der Waals surface area (Å²) < 4.78 is 10.8. The number of hydrogen-bond acceptors (Lipinski definition) is 5. The zero-order valence-corrected chi connectivity index (χ0v) is 9.59. The molecule has 0 radical (unpaired) electrons. The molecule has 2 N–H and O–H groups in total.